The highest BCUT2D eigenvalue weighted by Crippen LogP contribution is 1.99. The first-order valence-corrected chi connectivity index (χ1v) is 3.75. The summed E-state index contributed by atoms with van der Waals surface area (Å²) in [6, 6.07) is -0.213. The molecule has 1 aliphatic heterocycles. The van der Waals surface area contributed by atoms with Crippen molar-refractivity contribution < 1.29 is 14.3 Å². The number of hydrogen-bond acceptors (Lipinski definition) is 3. The number of rotatable bonds is 2. The first-order chi connectivity index (χ1) is 5.70. The van der Waals surface area contributed by atoms with Crippen molar-refractivity contribution in [3.05, 3.63) is 11.9 Å². The molecule has 0 saturated carbocycles. The lowest BCUT2D eigenvalue weighted by Gasteiger charge is -2.21. The first kappa shape index (κ1) is 9.15. The van der Waals surface area contributed by atoms with Gasteiger partial charge in [-0.15, -0.1) is 0 Å². The number of aliphatic carboxylic acids is 1. The van der Waals surface area contributed by atoms with Gasteiger partial charge in [-0.25, -0.2) is 4.79 Å². The molecule has 68 valence electrons. The molecule has 12 heavy (non-hydrogen) atoms. The standard InChI is InChI=1S/C7H11FN2O2/c8-6(7(11)12)3-5-4-9-1-2-10-5/h3,5,9-10H,1-2,4H2,(H,11,12)/b6-3-. The quantitative estimate of drug-likeness (QED) is 0.493. The summed E-state index contributed by atoms with van der Waals surface area (Å²) in [6.45, 7) is 2.13. The van der Waals surface area contributed by atoms with Crippen molar-refractivity contribution in [2.24, 2.45) is 0 Å². The predicted molar refractivity (Wildman–Crippen MR) is 41.5 cm³/mol. The van der Waals surface area contributed by atoms with Crippen LogP contribution in [-0.2, 0) is 4.79 Å². The van der Waals surface area contributed by atoms with E-state index in [4.69, 9.17) is 5.11 Å². The normalized spacial score (nSPS) is 25.4. The number of carboxylic acids is 1. The van der Waals surface area contributed by atoms with E-state index in [2.05, 4.69) is 10.6 Å². The van der Waals surface area contributed by atoms with Crippen molar-refractivity contribution in [3.63, 3.8) is 0 Å². The maximum Gasteiger partial charge on any atom is 0.364 e. The lowest BCUT2D eigenvalue weighted by Crippen LogP contribution is -2.47. The molecule has 0 amide bonds. The highest BCUT2D eigenvalue weighted by molar-refractivity contribution is 5.84. The van der Waals surface area contributed by atoms with Crippen LogP contribution in [0.2, 0.25) is 0 Å². The first-order valence-electron chi connectivity index (χ1n) is 3.75. The molecule has 0 aliphatic carbocycles. The van der Waals surface area contributed by atoms with Crippen molar-refractivity contribution in [2.75, 3.05) is 19.6 Å². The Labute approximate surface area is 69.5 Å². The largest absolute Gasteiger partial charge is 0.476 e. The fraction of sp³-hybridized carbons (Fsp3) is 0.571. The van der Waals surface area contributed by atoms with Gasteiger partial charge in [-0.1, -0.05) is 0 Å². The van der Waals surface area contributed by atoms with Gasteiger partial charge in [0.25, 0.3) is 0 Å². The summed E-state index contributed by atoms with van der Waals surface area (Å²) >= 11 is 0. The second kappa shape index (κ2) is 4.18. The molecule has 0 bridgehead atoms. The molecule has 1 rings (SSSR count). The minimum atomic E-state index is -1.51. The smallest absolute Gasteiger partial charge is 0.364 e. The molecule has 1 saturated heterocycles. The molecule has 1 atom stereocenters. The molecular formula is C7H11FN2O2. The van der Waals surface area contributed by atoms with Gasteiger partial charge in [0.15, 0.2) is 0 Å². The van der Waals surface area contributed by atoms with Crippen molar-refractivity contribution in [1.82, 2.24) is 10.6 Å². The monoisotopic (exact) mass is 174 g/mol. The Balaban J connectivity index is 2.47. The lowest BCUT2D eigenvalue weighted by atomic mass is 10.2. The Morgan fingerprint density at radius 2 is 2.33 bits per heavy atom. The predicted octanol–water partition coefficient (Wildman–Crippen LogP) is -0.514. The average molecular weight is 174 g/mol. The average Bonchev–Trinajstić information content (AvgIpc) is 2.06. The second-order valence-corrected chi connectivity index (χ2v) is 2.58. The van der Waals surface area contributed by atoms with E-state index in [1.165, 1.54) is 0 Å². The van der Waals surface area contributed by atoms with Gasteiger partial charge in [0.05, 0.1) is 0 Å². The third-order valence-corrected chi connectivity index (χ3v) is 1.62. The van der Waals surface area contributed by atoms with Crippen LogP contribution in [0, 0.1) is 0 Å². The van der Waals surface area contributed by atoms with E-state index in [0.29, 0.717) is 6.54 Å². The molecule has 4 nitrogen and oxygen atoms in total. The van der Waals surface area contributed by atoms with E-state index in [1.807, 2.05) is 0 Å². The highest BCUT2D eigenvalue weighted by Gasteiger charge is 2.13. The van der Waals surface area contributed by atoms with E-state index >= 15 is 0 Å². The molecule has 0 spiro atoms. The van der Waals surface area contributed by atoms with E-state index in [9.17, 15) is 9.18 Å². The number of piperazine rings is 1. The van der Waals surface area contributed by atoms with Gasteiger partial charge in [-0.3, -0.25) is 0 Å². The lowest BCUT2D eigenvalue weighted by molar-refractivity contribution is -0.134. The Bertz CT molecular complexity index is 200. The summed E-state index contributed by atoms with van der Waals surface area (Å²) < 4.78 is 12.5. The molecular weight excluding hydrogens is 163 g/mol. The molecule has 1 heterocycles. The van der Waals surface area contributed by atoms with Gasteiger partial charge in [-0.05, 0) is 6.08 Å². The summed E-state index contributed by atoms with van der Waals surface area (Å²) in [5.41, 5.74) is 0. The zero-order valence-electron chi connectivity index (χ0n) is 6.51. The van der Waals surface area contributed by atoms with Gasteiger partial charge in [-0.2, -0.15) is 4.39 Å². The van der Waals surface area contributed by atoms with E-state index in [-0.39, 0.29) is 6.04 Å². The van der Waals surface area contributed by atoms with Crippen LogP contribution in [0.4, 0.5) is 4.39 Å². The fourth-order valence-electron chi connectivity index (χ4n) is 1.04. The zero-order chi connectivity index (χ0) is 8.97. The fourth-order valence-corrected chi connectivity index (χ4v) is 1.04. The SMILES string of the molecule is O=C(O)/C(F)=C/C1CNCCN1. The summed E-state index contributed by atoms with van der Waals surface area (Å²) in [5.74, 6) is -2.61. The molecule has 1 aliphatic rings. The van der Waals surface area contributed by atoms with E-state index in [1.54, 1.807) is 0 Å². The Morgan fingerprint density at radius 3 is 2.83 bits per heavy atom. The Hall–Kier alpha value is -0.940. The molecule has 0 radical (unpaired) electrons. The highest BCUT2D eigenvalue weighted by atomic mass is 19.1. The van der Waals surface area contributed by atoms with Crippen LogP contribution in [0.25, 0.3) is 0 Å². The molecule has 3 N–H and O–H groups in total. The van der Waals surface area contributed by atoms with Crippen LogP contribution >= 0.6 is 0 Å². The van der Waals surface area contributed by atoms with Crippen LogP contribution < -0.4 is 10.6 Å². The van der Waals surface area contributed by atoms with Crippen LogP contribution in [-0.4, -0.2) is 36.8 Å². The minimum Gasteiger partial charge on any atom is -0.476 e. The molecule has 0 aromatic heterocycles. The molecule has 0 aromatic carbocycles. The van der Waals surface area contributed by atoms with Crippen LogP contribution in [0.3, 0.4) is 0 Å². The van der Waals surface area contributed by atoms with Gasteiger partial charge >= 0.3 is 5.97 Å². The second-order valence-electron chi connectivity index (χ2n) is 2.58. The maximum absolute atomic E-state index is 12.5. The van der Waals surface area contributed by atoms with Gasteiger partial charge < -0.3 is 15.7 Å². The van der Waals surface area contributed by atoms with Gasteiger partial charge in [0.1, 0.15) is 0 Å². The van der Waals surface area contributed by atoms with Gasteiger partial charge in [0, 0.05) is 25.7 Å². The summed E-state index contributed by atoms with van der Waals surface area (Å²) in [4.78, 5) is 10.1. The Kier molecular flexibility index (Phi) is 3.19. The third kappa shape index (κ3) is 2.60. The summed E-state index contributed by atoms with van der Waals surface area (Å²) in [5, 5.41) is 14.2. The molecule has 1 fully saturated rings. The van der Waals surface area contributed by atoms with E-state index < -0.39 is 11.8 Å². The number of carbonyl (C=O) groups is 1. The third-order valence-electron chi connectivity index (χ3n) is 1.62. The van der Waals surface area contributed by atoms with Crippen molar-refractivity contribution in [2.45, 2.75) is 6.04 Å². The summed E-state index contributed by atoms with van der Waals surface area (Å²) in [6.07, 6.45) is 1.08. The van der Waals surface area contributed by atoms with E-state index in [0.717, 1.165) is 19.2 Å². The molecule has 1 unspecified atom stereocenters. The van der Waals surface area contributed by atoms with Gasteiger partial charge in [0.2, 0.25) is 5.83 Å². The van der Waals surface area contributed by atoms with Crippen LogP contribution in [0.15, 0.2) is 11.9 Å². The maximum atomic E-state index is 12.5. The number of carboxylic acid groups (broad SMARTS) is 1. The number of hydrogen-bond donors (Lipinski definition) is 3. The summed E-state index contributed by atoms with van der Waals surface area (Å²) in [7, 11) is 0. The molecule has 0 aromatic rings. The number of nitrogens with one attached hydrogen (secondary N) is 2. The van der Waals surface area contributed by atoms with Crippen molar-refractivity contribution in [1.29, 1.82) is 0 Å². The zero-order valence-corrected chi connectivity index (χ0v) is 6.51. The minimum absolute atomic E-state index is 0.213. The van der Waals surface area contributed by atoms with Crippen LogP contribution in [0.5, 0.6) is 0 Å². The molecule has 5 heteroatoms. The van der Waals surface area contributed by atoms with Crippen LogP contribution in [0.1, 0.15) is 0 Å². The topological polar surface area (TPSA) is 61.4 Å². The Morgan fingerprint density at radius 1 is 1.58 bits per heavy atom. The van der Waals surface area contributed by atoms with Crippen molar-refractivity contribution >= 4 is 5.97 Å². The number of halogens is 1. The van der Waals surface area contributed by atoms with Crippen molar-refractivity contribution in [3.8, 4) is 0 Å².